The second-order valence-electron chi connectivity index (χ2n) is 6.15. The second kappa shape index (κ2) is 10.1. The van der Waals surface area contributed by atoms with Crippen LogP contribution >= 0.6 is 0 Å². The van der Waals surface area contributed by atoms with Gasteiger partial charge >= 0.3 is 0 Å². The Labute approximate surface area is 144 Å². The summed E-state index contributed by atoms with van der Waals surface area (Å²) in [6, 6.07) is 7.92. The van der Waals surface area contributed by atoms with Crippen molar-refractivity contribution < 1.29 is 14.6 Å². The maximum atomic E-state index is 12.1. The Morgan fingerprint density at radius 2 is 2.12 bits per heavy atom. The van der Waals surface area contributed by atoms with Crippen LogP contribution in [0.3, 0.4) is 0 Å². The van der Waals surface area contributed by atoms with Crippen molar-refractivity contribution in [1.82, 2.24) is 0 Å². The van der Waals surface area contributed by atoms with Crippen LogP contribution in [0.5, 0.6) is 0 Å². The van der Waals surface area contributed by atoms with Gasteiger partial charge in [0.2, 0.25) is 5.91 Å². The molecule has 5 nitrogen and oxygen atoms in total. The van der Waals surface area contributed by atoms with Crippen LogP contribution in [0.1, 0.15) is 25.7 Å². The van der Waals surface area contributed by atoms with Gasteiger partial charge in [-0.15, -0.1) is 6.58 Å². The number of benzene rings is 1. The molecule has 1 aromatic carbocycles. The minimum Gasteiger partial charge on any atom is -0.396 e. The normalized spacial score (nSPS) is 15.3. The fraction of sp³-hybridized carbons (Fsp3) is 0.526. The minimum absolute atomic E-state index is 0.00916. The minimum atomic E-state index is 0.00916. The highest BCUT2D eigenvalue weighted by Crippen LogP contribution is 2.29. The number of hydrogen-bond donors (Lipinski definition) is 2. The first-order valence-electron chi connectivity index (χ1n) is 8.68. The third-order valence-electron chi connectivity index (χ3n) is 4.32. The van der Waals surface area contributed by atoms with Crippen molar-refractivity contribution >= 4 is 17.3 Å². The summed E-state index contributed by atoms with van der Waals surface area (Å²) in [5.74, 6) is 0.411. The molecule has 0 bridgehead atoms. The third-order valence-corrected chi connectivity index (χ3v) is 4.32. The lowest BCUT2D eigenvalue weighted by Crippen LogP contribution is -2.35. The third kappa shape index (κ3) is 5.65. The van der Waals surface area contributed by atoms with Crippen LogP contribution in [0.15, 0.2) is 36.9 Å². The molecule has 1 aromatic rings. The zero-order valence-electron chi connectivity index (χ0n) is 14.2. The number of carbonyl (C=O) groups excluding carboxylic acids is 1. The first kappa shape index (κ1) is 18.5. The van der Waals surface area contributed by atoms with E-state index < -0.39 is 0 Å². The lowest BCUT2D eigenvalue weighted by atomic mass is 9.97. The molecule has 0 unspecified atom stereocenters. The number of anilines is 2. The number of aliphatic hydroxyl groups excluding tert-OH is 1. The fourth-order valence-corrected chi connectivity index (χ4v) is 2.93. The Morgan fingerprint density at radius 3 is 2.83 bits per heavy atom. The number of hydrogen-bond acceptors (Lipinski definition) is 4. The summed E-state index contributed by atoms with van der Waals surface area (Å²) in [7, 11) is 0. The molecule has 0 atom stereocenters. The lowest BCUT2D eigenvalue weighted by Gasteiger charge is -2.34. The van der Waals surface area contributed by atoms with Crippen LogP contribution in [-0.4, -0.2) is 43.9 Å². The van der Waals surface area contributed by atoms with Crippen molar-refractivity contribution in [3.05, 3.63) is 36.9 Å². The molecule has 1 heterocycles. The smallest absolute Gasteiger partial charge is 0.224 e. The van der Waals surface area contributed by atoms with Gasteiger partial charge in [0, 0.05) is 32.7 Å². The number of aliphatic hydroxyl groups is 1. The molecule has 24 heavy (non-hydrogen) atoms. The number of carbonyl (C=O) groups is 1. The molecule has 0 spiro atoms. The van der Waals surface area contributed by atoms with E-state index in [2.05, 4.69) is 16.8 Å². The molecule has 1 fully saturated rings. The molecule has 0 saturated carbocycles. The molecule has 2 rings (SSSR count). The van der Waals surface area contributed by atoms with Gasteiger partial charge in [0.1, 0.15) is 0 Å². The highest BCUT2D eigenvalue weighted by atomic mass is 16.5. The SMILES string of the molecule is C=CCOCCCC(=O)Nc1ccccc1N1CCC(CO)CC1. The summed E-state index contributed by atoms with van der Waals surface area (Å²) >= 11 is 0. The molecule has 1 saturated heterocycles. The van der Waals surface area contributed by atoms with E-state index in [0.29, 0.717) is 32.0 Å². The van der Waals surface area contributed by atoms with Crippen molar-refractivity contribution in [2.75, 3.05) is 43.1 Å². The standard InChI is InChI=1S/C19H28N2O3/c1-2-13-24-14-5-8-19(23)20-17-6-3-4-7-18(17)21-11-9-16(15-22)10-12-21/h2-4,6-7,16,22H,1,5,8-15H2,(H,20,23). The van der Waals surface area contributed by atoms with Gasteiger partial charge in [-0.3, -0.25) is 4.79 Å². The predicted octanol–water partition coefficient (Wildman–Crippen LogP) is 2.82. The lowest BCUT2D eigenvalue weighted by molar-refractivity contribution is -0.116. The van der Waals surface area contributed by atoms with Gasteiger partial charge in [0.25, 0.3) is 0 Å². The number of para-hydroxylation sites is 2. The monoisotopic (exact) mass is 332 g/mol. The molecular formula is C19H28N2O3. The van der Waals surface area contributed by atoms with E-state index in [1.165, 1.54) is 0 Å². The van der Waals surface area contributed by atoms with E-state index in [1.54, 1.807) is 6.08 Å². The van der Waals surface area contributed by atoms with Gasteiger partial charge in [-0.1, -0.05) is 18.2 Å². The van der Waals surface area contributed by atoms with E-state index in [4.69, 9.17) is 4.74 Å². The zero-order chi connectivity index (χ0) is 17.2. The average molecular weight is 332 g/mol. The van der Waals surface area contributed by atoms with E-state index in [-0.39, 0.29) is 12.5 Å². The highest BCUT2D eigenvalue weighted by Gasteiger charge is 2.20. The van der Waals surface area contributed by atoms with Gasteiger partial charge in [-0.25, -0.2) is 0 Å². The van der Waals surface area contributed by atoms with Gasteiger partial charge in [-0.2, -0.15) is 0 Å². The van der Waals surface area contributed by atoms with Crippen LogP contribution < -0.4 is 10.2 Å². The summed E-state index contributed by atoms with van der Waals surface area (Å²) in [5.41, 5.74) is 1.92. The number of nitrogens with one attached hydrogen (secondary N) is 1. The molecule has 0 aliphatic carbocycles. The van der Waals surface area contributed by atoms with Gasteiger partial charge in [0.15, 0.2) is 0 Å². The zero-order valence-corrected chi connectivity index (χ0v) is 14.2. The number of ether oxygens (including phenoxy) is 1. The van der Waals surface area contributed by atoms with Crippen molar-refractivity contribution in [3.8, 4) is 0 Å². The molecular weight excluding hydrogens is 304 g/mol. The Hall–Kier alpha value is -1.85. The predicted molar refractivity (Wildman–Crippen MR) is 97.3 cm³/mol. The van der Waals surface area contributed by atoms with E-state index in [9.17, 15) is 9.90 Å². The quantitative estimate of drug-likeness (QED) is 0.539. The van der Waals surface area contributed by atoms with Crippen molar-refractivity contribution in [1.29, 1.82) is 0 Å². The first-order valence-corrected chi connectivity index (χ1v) is 8.68. The summed E-state index contributed by atoms with van der Waals surface area (Å²) < 4.78 is 5.30. The number of nitrogens with zero attached hydrogens (tertiary/aromatic N) is 1. The molecule has 1 amide bonds. The molecule has 1 aliphatic rings. The van der Waals surface area contributed by atoms with E-state index >= 15 is 0 Å². The van der Waals surface area contributed by atoms with Gasteiger partial charge < -0.3 is 20.1 Å². The van der Waals surface area contributed by atoms with Crippen molar-refractivity contribution in [3.63, 3.8) is 0 Å². The van der Waals surface area contributed by atoms with Gasteiger partial charge in [0.05, 0.1) is 18.0 Å². The molecule has 2 N–H and O–H groups in total. The molecule has 0 aromatic heterocycles. The van der Waals surface area contributed by atoms with Crippen LogP contribution in [0.4, 0.5) is 11.4 Å². The largest absolute Gasteiger partial charge is 0.396 e. The topological polar surface area (TPSA) is 61.8 Å². The number of amides is 1. The molecule has 0 radical (unpaired) electrons. The van der Waals surface area contributed by atoms with Gasteiger partial charge in [-0.05, 0) is 37.3 Å². The van der Waals surface area contributed by atoms with Crippen molar-refractivity contribution in [2.45, 2.75) is 25.7 Å². The molecule has 1 aliphatic heterocycles. The fourth-order valence-electron chi connectivity index (χ4n) is 2.93. The van der Waals surface area contributed by atoms with Crippen molar-refractivity contribution in [2.24, 2.45) is 5.92 Å². The Morgan fingerprint density at radius 1 is 1.38 bits per heavy atom. The summed E-state index contributed by atoms with van der Waals surface area (Å²) in [6.07, 6.45) is 4.82. The van der Waals surface area contributed by atoms with Crippen LogP contribution in [0.2, 0.25) is 0 Å². The summed E-state index contributed by atoms with van der Waals surface area (Å²) in [4.78, 5) is 14.4. The van der Waals surface area contributed by atoms with E-state index in [0.717, 1.165) is 37.3 Å². The highest BCUT2D eigenvalue weighted by molar-refractivity contribution is 5.94. The Kier molecular flexibility index (Phi) is 7.79. The molecule has 132 valence electrons. The second-order valence-corrected chi connectivity index (χ2v) is 6.15. The Balaban J connectivity index is 1.87. The summed E-state index contributed by atoms with van der Waals surface area (Å²) in [5, 5.41) is 12.3. The van der Waals surface area contributed by atoms with E-state index in [1.807, 2.05) is 24.3 Å². The number of piperidine rings is 1. The van der Waals surface area contributed by atoms with Crippen LogP contribution in [-0.2, 0) is 9.53 Å². The maximum absolute atomic E-state index is 12.1. The average Bonchev–Trinajstić information content (AvgIpc) is 2.62. The Bertz CT molecular complexity index is 525. The summed E-state index contributed by atoms with van der Waals surface area (Å²) in [6.45, 7) is 6.76. The van der Waals surface area contributed by atoms with Crippen LogP contribution in [0.25, 0.3) is 0 Å². The first-order chi connectivity index (χ1) is 11.7. The van der Waals surface area contributed by atoms with Crippen LogP contribution in [0, 0.1) is 5.92 Å². The number of rotatable bonds is 9. The maximum Gasteiger partial charge on any atom is 0.224 e. The molecule has 5 heteroatoms.